The predicted molar refractivity (Wildman–Crippen MR) is 128 cm³/mol. The van der Waals surface area contributed by atoms with Gasteiger partial charge in [-0.05, 0) is 66.6 Å². The van der Waals surface area contributed by atoms with Crippen LogP contribution in [-0.4, -0.2) is 40.6 Å². The fourth-order valence-corrected chi connectivity index (χ4v) is 4.39. The normalized spacial score (nSPS) is 18.7. The van der Waals surface area contributed by atoms with Gasteiger partial charge in [-0.15, -0.1) is 4.91 Å². The van der Waals surface area contributed by atoms with Crippen LogP contribution in [0.3, 0.4) is 0 Å². The zero-order valence-electron chi connectivity index (χ0n) is 18.8. The van der Waals surface area contributed by atoms with Gasteiger partial charge in [0.25, 0.3) is 5.91 Å². The number of nitrogens with one attached hydrogen (secondary N) is 2. The molecule has 2 aromatic carbocycles. The van der Waals surface area contributed by atoms with Gasteiger partial charge in [-0.3, -0.25) is 15.0 Å². The van der Waals surface area contributed by atoms with Crippen LogP contribution in [0.25, 0.3) is 0 Å². The molecule has 1 unspecified atom stereocenters. The molecular formula is C24H26ClN5O4. The summed E-state index contributed by atoms with van der Waals surface area (Å²) in [6.45, 7) is 1.38. The molecule has 9 nitrogen and oxygen atoms in total. The minimum atomic E-state index is -0.917. The number of nitrogens with zero attached hydrogens (tertiary/aromatic N) is 3. The van der Waals surface area contributed by atoms with Crippen LogP contribution in [-0.2, 0) is 24.2 Å². The standard InChI is InChI=1S/C24H26ClN5O4/c1-15(21(31)28-34)13-30-23(32)27-22(26-20-11-8-17-4-2-3-5-18(17)12-20)29(24(30)33)14-16-6-9-19(25)10-7-16/h6-12,15,22,26H,2-5,13-14H2,1H3,(H,27,32)/t15-,22?/m0/s1. The van der Waals surface area contributed by atoms with Crippen molar-refractivity contribution in [1.82, 2.24) is 15.1 Å². The molecule has 34 heavy (non-hydrogen) atoms. The van der Waals surface area contributed by atoms with Crippen molar-refractivity contribution < 1.29 is 14.4 Å². The van der Waals surface area contributed by atoms with E-state index in [9.17, 15) is 19.3 Å². The number of imide groups is 1. The smallest absolute Gasteiger partial charge is 0.331 e. The van der Waals surface area contributed by atoms with Crippen molar-refractivity contribution in [3.63, 3.8) is 0 Å². The molecule has 0 bridgehead atoms. The zero-order valence-corrected chi connectivity index (χ0v) is 19.5. The minimum absolute atomic E-state index is 0.184. The van der Waals surface area contributed by atoms with Crippen LogP contribution in [0.4, 0.5) is 15.3 Å². The molecule has 178 valence electrons. The quantitative estimate of drug-likeness (QED) is 0.563. The van der Waals surface area contributed by atoms with Crippen molar-refractivity contribution in [3.8, 4) is 0 Å². The highest BCUT2D eigenvalue weighted by Gasteiger charge is 2.39. The van der Waals surface area contributed by atoms with Crippen LogP contribution in [0.15, 0.2) is 47.6 Å². The van der Waals surface area contributed by atoms with Gasteiger partial charge in [-0.1, -0.05) is 36.7 Å². The molecule has 2 atom stereocenters. The molecular weight excluding hydrogens is 458 g/mol. The first-order valence-electron chi connectivity index (χ1n) is 11.2. The Morgan fingerprint density at radius 2 is 1.85 bits per heavy atom. The molecule has 1 fully saturated rings. The maximum atomic E-state index is 13.4. The number of amides is 5. The summed E-state index contributed by atoms with van der Waals surface area (Å²) in [6.07, 6.45) is 3.55. The van der Waals surface area contributed by atoms with Crippen molar-refractivity contribution in [2.24, 2.45) is 11.1 Å². The van der Waals surface area contributed by atoms with E-state index in [1.54, 1.807) is 24.3 Å². The maximum Gasteiger partial charge on any atom is 0.331 e. The van der Waals surface area contributed by atoms with Gasteiger partial charge >= 0.3 is 12.1 Å². The Kier molecular flexibility index (Phi) is 7.12. The van der Waals surface area contributed by atoms with Crippen molar-refractivity contribution in [1.29, 1.82) is 0 Å². The van der Waals surface area contributed by atoms with E-state index in [1.165, 1.54) is 29.4 Å². The number of hydrogen-bond donors (Lipinski definition) is 2. The fourth-order valence-electron chi connectivity index (χ4n) is 4.27. The van der Waals surface area contributed by atoms with Crippen molar-refractivity contribution >= 4 is 35.3 Å². The third kappa shape index (κ3) is 5.20. The lowest BCUT2D eigenvalue weighted by Gasteiger charge is -2.42. The van der Waals surface area contributed by atoms with Crippen molar-refractivity contribution in [2.45, 2.75) is 45.4 Å². The number of urea groups is 2. The molecule has 2 aliphatic rings. The van der Waals surface area contributed by atoms with E-state index < -0.39 is 30.2 Å². The number of nitroso groups, excluding NO2 is 1. The number of benzene rings is 2. The van der Waals surface area contributed by atoms with Gasteiger partial charge in [0, 0.05) is 22.4 Å². The highest BCUT2D eigenvalue weighted by atomic mass is 35.5. The van der Waals surface area contributed by atoms with Crippen LogP contribution < -0.4 is 10.6 Å². The van der Waals surface area contributed by atoms with E-state index in [0.29, 0.717) is 5.02 Å². The predicted octanol–water partition coefficient (Wildman–Crippen LogP) is 4.49. The lowest BCUT2D eigenvalue weighted by molar-refractivity contribution is -0.121. The lowest BCUT2D eigenvalue weighted by atomic mass is 9.91. The SMILES string of the molecule is C[C@@H](CN1C(=O)NC(Nc2ccc3c(c2)CCCC3)N(Cc2ccc(Cl)cc2)C1=O)C(=O)N=O. The Hall–Kier alpha value is -3.46. The summed E-state index contributed by atoms with van der Waals surface area (Å²) in [5.41, 5.74) is 4.20. The van der Waals surface area contributed by atoms with Crippen LogP contribution in [0, 0.1) is 10.8 Å². The summed E-state index contributed by atoms with van der Waals surface area (Å²) in [5.74, 6) is -1.83. The number of aryl methyl sites for hydroxylation is 2. The molecule has 0 radical (unpaired) electrons. The average molecular weight is 484 g/mol. The van der Waals surface area contributed by atoms with Crippen molar-refractivity contribution in [2.75, 3.05) is 11.9 Å². The second-order valence-electron chi connectivity index (χ2n) is 8.67. The van der Waals surface area contributed by atoms with Crippen LogP contribution >= 0.6 is 11.6 Å². The number of fused-ring (bicyclic) bond motifs is 1. The van der Waals surface area contributed by atoms with E-state index in [1.807, 2.05) is 6.07 Å². The largest absolute Gasteiger partial charge is 0.348 e. The highest BCUT2D eigenvalue weighted by Crippen LogP contribution is 2.26. The Morgan fingerprint density at radius 3 is 2.56 bits per heavy atom. The summed E-state index contributed by atoms with van der Waals surface area (Å²) < 4.78 is 0. The number of carbonyl (C=O) groups excluding carboxylic acids is 3. The molecule has 1 saturated heterocycles. The number of rotatable bonds is 7. The van der Waals surface area contributed by atoms with E-state index in [-0.39, 0.29) is 13.1 Å². The summed E-state index contributed by atoms with van der Waals surface area (Å²) in [6, 6.07) is 11.9. The lowest BCUT2D eigenvalue weighted by Crippen LogP contribution is -2.67. The summed E-state index contributed by atoms with van der Waals surface area (Å²) in [7, 11) is 0. The molecule has 0 aromatic heterocycles. The Balaban J connectivity index is 1.59. The second kappa shape index (κ2) is 10.2. The van der Waals surface area contributed by atoms with Crippen LogP contribution in [0.2, 0.25) is 5.02 Å². The topological polar surface area (TPSA) is 111 Å². The highest BCUT2D eigenvalue weighted by molar-refractivity contribution is 6.30. The third-order valence-electron chi connectivity index (χ3n) is 6.18. The first-order valence-corrected chi connectivity index (χ1v) is 11.6. The molecule has 5 amide bonds. The summed E-state index contributed by atoms with van der Waals surface area (Å²) in [5, 5.41) is 9.05. The zero-order chi connectivity index (χ0) is 24.2. The number of anilines is 1. The van der Waals surface area contributed by atoms with E-state index in [2.05, 4.69) is 27.9 Å². The number of halogens is 1. The minimum Gasteiger partial charge on any atom is -0.348 e. The van der Waals surface area contributed by atoms with Gasteiger partial charge in [0.1, 0.15) is 0 Å². The fraction of sp³-hybridized carbons (Fsp3) is 0.375. The van der Waals surface area contributed by atoms with Gasteiger partial charge in [-0.25, -0.2) is 14.5 Å². The molecule has 1 aliphatic heterocycles. The monoisotopic (exact) mass is 483 g/mol. The Morgan fingerprint density at radius 1 is 1.15 bits per heavy atom. The van der Waals surface area contributed by atoms with Crippen LogP contribution in [0.5, 0.6) is 0 Å². The van der Waals surface area contributed by atoms with Gasteiger partial charge in [-0.2, -0.15) is 0 Å². The molecule has 0 saturated carbocycles. The molecule has 2 N–H and O–H groups in total. The van der Waals surface area contributed by atoms with Gasteiger partial charge in [0.15, 0.2) is 6.29 Å². The molecule has 2 aromatic rings. The number of carbonyl (C=O) groups is 3. The van der Waals surface area contributed by atoms with E-state index in [4.69, 9.17) is 11.6 Å². The van der Waals surface area contributed by atoms with Crippen LogP contribution in [0.1, 0.15) is 36.5 Å². The first-order chi connectivity index (χ1) is 16.4. The average Bonchev–Trinajstić information content (AvgIpc) is 2.84. The molecule has 1 heterocycles. The first kappa shape index (κ1) is 23.7. The van der Waals surface area contributed by atoms with Gasteiger partial charge < -0.3 is 5.32 Å². The molecule has 0 spiro atoms. The summed E-state index contributed by atoms with van der Waals surface area (Å²) in [4.78, 5) is 50.8. The van der Waals surface area contributed by atoms with E-state index >= 15 is 0 Å². The molecule has 4 rings (SSSR count). The number of hydrogen-bond acceptors (Lipinski definition) is 5. The van der Waals surface area contributed by atoms with Gasteiger partial charge in [0.2, 0.25) is 0 Å². The molecule has 10 heteroatoms. The van der Waals surface area contributed by atoms with Gasteiger partial charge in [0.05, 0.1) is 12.5 Å². The Labute approximate surface area is 202 Å². The Bertz CT molecular complexity index is 1110. The molecule has 1 aliphatic carbocycles. The summed E-state index contributed by atoms with van der Waals surface area (Å²) >= 11 is 6.00. The second-order valence-corrected chi connectivity index (χ2v) is 9.10. The third-order valence-corrected chi connectivity index (χ3v) is 6.43. The van der Waals surface area contributed by atoms with E-state index in [0.717, 1.165) is 35.4 Å². The van der Waals surface area contributed by atoms with Crippen molar-refractivity contribution in [3.05, 3.63) is 69.1 Å². The maximum absolute atomic E-state index is 13.4.